The lowest BCUT2D eigenvalue weighted by atomic mass is 10.0. The van der Waals surface area contributed by atoms with Crippen molar-refractivity contribution >= 4 is 28.2 Å². The number of H-pyrrole nitrogens is 1. The van der Waals surface area contributed by atoms with E-state index in [-0.39, 0.29) is 11.0 Å². The predicted octanol–water partition coefficient (Wildman–Crippen LogP) is 3.40. The van der Waals surface area contributed by atoms with Gasteiger partial charge in [-0.25, -0.2) is 10.9 Å². The van der Waals surface area contributed by atoms with Gasteiger partial charge in [-0.3, -0.25) is 14.5 Å². The number of hydrogen-bond acceptors (Lipinski definition) is 5. The molecule has 2 aromatic carbocycles. The van der Waals surface area contributed by atoms with Crippen LogP contribution in [0.5, 0.6) is 0 Å². The van der Waals surface area contributed by atoms with Crippen LogP contribution in [0.3, 0.4) is 0 Å². The maximum atomic E-state index is 13.4. The van der Waals surface area contributed by atoms with Crippen LogP contribution in [-0.2, 0) is 0 Å². The number of fused-ring (bicyclic) bond motifs is 3. The Morgan fingerprint density at radius 2 is 1.86 bits per heavy atom. The second kappa shape index (κ2) is 9.21. The monoisotopic (exact) mass is 469 g/mol. The van der Waals surface area contributed by atoms with Gasteiger partial charge in [-0.1, -0.05) is 24.0 Å². The van der Waals surface area contributed by atoms with E-state index in [1.54, 1.807) is 0 Å². The molecule has 3 N–H and O–H groups in total. The van der Waals surface area contributed by atoms with E-state index in [1.165, 1.54) is 31.9 Å². The predicted molar refractivity (Wildman–Crippen MR) is 141 cm³/mol. The van der Waals surface area contributed by atoms with E-state index in [0.717, 1.165) is 16.3 Å². The summed E-state index contributed by atoms with van der Waals surface area (Å²) in [6.07, 6.45) is 6.33. The number of carbonyl (C=O) groups excluding carboxylic acids is 1. The van der Waals surface area contributed by atoms with E-state index in [2.05, 4.69) is 21.7 Å². The van der Waals surface area contributed by atoms with E-state index in [9.17, 15) is 9.59 Å². The maximum absolute atomic E-state index is 13.4. The fourth-order valence-electron chi connectivity index (χ4n) is 5.46. The molecule has 1 aromatic heterocycles. The summed E-state index contributed by atoms with van der Waals surface area (Å²) in [5.74, 6) is 12.2. The van der Waals surface area contributed by atoms with Gasteiger partial charge in [-0.15, -0.1) is 0 Å². The molecule has 0 atom stereocenters. The van der Waals surface area contributed by atoms with Gasteiger partial charge in [0.2, 0.25) is 5.43 Å². The molecular formula is C28H31N5O2. The largest absolute Gasteiger partial charge is 0.366 e. The molecule has 7 heteroatoms. The molecule has 2 fully saturated rings. The van der Waals surface area contributed by atoms with E-state index >= 15 is 0 Å². The minimum atomic E-state index is -0.568. The summed E-state index contributed by atoms with van der Waals surface area (Å²) in [6, 6.07) is 12.6. The van der Waals surface area contributed by atoms with Gasteiger partial charge in [-0.2, -0.15) is 0 Å². The molecule has 0 unspecified atom stereocenters. The molecule has 180 valence electrons. The first-order valence-electron chi connectivity index (χ1n) is 12.1. The Hall–Kier alpha value is -3.60. The normalized spacial score (nSPS) is 18.7. The molecule has 5 rings (SSSR count). The summed E-state index contributed by atoms with van der Waals surface area (Å²) in [6.45, 7) is 2.44. The zero-order chi connectivity index (χ0) is 24.7. The minimum Gasteiger partial charge on any atom is -0.366 e. The molecule has 1 amide bonds. The molecule has 0 saturated carbocycles. The Balaban J connectivity index is 1.54. The maximum Gasteiger partial charge on any atom is 0.277 e. The quantitative estimate of drug-likeness (QED) is 0.265. The van der Waals surface area contributed by atoms with Crippen molar-refractivity contribution in [2.24, 2.45) is 5.84 Å². The first kappa shape index (κ1) is 23.2. The number of rotatable bonds is 4. The molecule has 2 aliphatic heterocycles. The molecule has 0 radical (unpaired) electrons. The van der Waals surface area contributed by atoms with Gasteiger partial charge in [0.1, 0.15) is 5.56 Å². The summed E-state index contributed by atoms with van der Waals surface area (Å²) in [4.78, 5) is 34.2. The molecule has 35 heavy (non-hydrogen) atoms. The van der Waals surface area contributed by atoms with Crippen LogP contribution < -0.4 is 21.2 Å². The summed E-state index contributed by atoms with van der Waals surface area (Å²) in [5, 5.41) is 1.55. The molecule has 7 nitrogen and oxygen atoms in total. The number of hydrazine groups is 1. The van der Waals surface area contributed by atoms with Crippen LogP contribution in [-0.4, -0.2) is 48.5 Å². The second-order valence-corrected chi connectivity index (χ2v) is 9.81. The lowest BCUT2D eigenvalue weighted by molar-refractivity contribution is 0.0985. The molecule has 0 aliphatic carbocycles. The van der Waals surface area contributed by atoms with Crippen LogP contribution in [0.15, 0.2) is 47.4 Å². The number of aryl methyl sites for hydroxylation is 1. The average molecular weight is 470 g/mol. The standard InChI is InChI=1S/C28H31N5O2/c1-18-6-4-8-24-26(18)27(34)23(17-30-24)28(35)33(29)25-14-13-22(16-19(25)7-5-15-31(2)3)32-20-9-10-21(32)12-11-20/h4,6,8,13-14,16-17,20-21H,9-12,15,29H2,1-3H3,(H,30,34). The number of nitrogens with two attached hydrogens (primary N) is 1. The van der Waals surface area contributed by atoms with Crippen LogP contribution in [0.4, 0.5) is 11.4 Å². The number of nitrogens with zero attached hydrogens (tertiary/aromatic N) is 3. The van der Waals surface area contributed by atoms with Crippen molar-refractivity contribution in [2.45, 2.75) is 44.7 Å². The van der Waals surface area contributed by atoms with Crippen molar-refractivity contribution < 1.29 is 4.79 Å². The summed E-state index contributed by atoms with van der Waals surface area (Å²) in [7, 11) is 3.92. The molecule has 3 heterocycles. The Labute approximate surface area is 205 Å². The number of amides is 1. The van der Waals surface area contributed by atoms with Crippen molar-refractivity contribution in [3.63, 3.8) is 0 Å². The molecule has 3 aromatic rings. The lowest BCUT2D eigenvalue weighted by Gasteiger charge is -2.26. The number of nitrogens with one attached hydrogen (secondary N) is 1. The van der Waals surface area contributed by atoms with Crippen molar-refractivity contribution in [3.8, 4) is 11.8 Å². The second-order valence-electron chi connectivity index (χ2n) is 9.81. The van der Waals surface area contributed by atoms with Crippen LogP contribution in [0.25, 0.3) is 10.9 Å². The van der Waals surface area contributed by atoms with Crippen molar-refractivity contribution in [2.75, 3.05) is 30.5 Å². The highest BCUT2D eigenvalue weighted by Crippen LogP contribution is 2.41. The van der Waals surface area contributed by atoms with E-state index < -0.39 is 5.91 Å². The molecule has 2 aliphatic rings. The first-order chi connectivity index (χ1) is 16.8. The minimum absolute atomic E-state index is 0.00293. The van der Waals surface area contributed by atoms with Gasteiger partial charge in [0, 0.05) is 34.9 Å². The van der Waals surface area contributed by atoms with Crippen molar-refractivity contribution in [3.05, 3.63) is 69.5 Å². The Bertz CT molecular complexity index is 1390. The summed E-state index contributed by atoms with van der Waals surface area (Å²) < 4.78 is 0. The number of hydrogen-bond donors (Lipinski definition) is 2. The van der Waals surface area contributed by atoms with E-state index in [0.29, 0.717) is 40.8 Å². The zero-order valence-corrected chi connectivity index (χ0v) is 20.5. The van der Waals surface area contributed by atoms with E-state index in [1.807, 2.05) is 62.3 Å². The Kier molecular flexibility index (Phi) is 6.10. The van der Waals surface area contributed by atoms with Crippen molar-refractivity contribution in [1.29, 1.82) is 0 Å². The molecule has 2 bridgehead atoms. The van der Waals surface area contributed by atoms with Crippen LogP contribution in [0, 0.1) is 18.8 Å². The smallest absolute Gasteiger partial charge is 0.277 e. The topological polar surface area (TPSA) is 85.7 Å². The number of carbonyl (C=O) groups is 1. The highest BCUT2D eigenvalue weighted by Gasteiger charge is 2.39. The van der Waals surface area contributed by atoms with E-state index in [4.69, 9.17) is 5.84 Å². The third-order valence-corrected chi connectivity index (χ3v) is 7.17. The average Bonchev–Trinajstić information content (AvgIpc) is 3.44. The number of aromatic amines is 1. The summed E-state index contributed by atoms with van der Waals surface area (Å²) in [5.41, 5.74) is 3.45. The third kappa shape index (κ3) is 4.20. The number of benzene rings is 2. The van der Waals surface area contributed by atoms with Gasteiger partial charge in [0.05, 0.1) is 17.8 Å². The molecule has 0 spiro atoms. The molecular weight excluding hydrogens is 438 g/mol. The molecule has 2 saturated heterocycles. The van der Waals surface area contributed by atoms with Crippen LogP contribution in [0.1, 0.15) is 47.2 Å². The Morgan fingerprint density at radius 3 is 2.54 bits per heavy atom. The SMILES string of the molecule is Cc1cccc2[nH]cc(C(=O)N(N)c3ccc(N4C5CCC4CC5)cc3C#CCN(C)C)c(=O)c12. The van der Waals surface area contributed by atoms with Crippen LogP contribution in [0.2, 0.25) is 0 Å². The van der Waals surface area contributed by atoms with Gasteiger partial charge in [-0.05, 0) is 76.5 Å². The van der Waals surface area contributed by atoms with Gasteiger partial charge in [0.15, 0.2) is 0 Å². The van der Waals surface area contributed by atoms with Crippen LogP contribution >= 0.6 is 0 Å². The lowest BCUT2D eigenvalue weighted by Crippen LogP contribution is -2.40. The highest BCUT2D eigenvalue weighted by atomic mass is 16.2. The van der Waals surface area contributed by atoms with Gasteiger partial charge >= 0.3 is 0 Å². The third-order valence-electron chi connectivity index (χ3n) is 7.17. The first-order valence-corrected chi connectivity index (χ1v) is 12.1. The fraction of sp³-hybridized carbons (Fsp3) is 0.357. The van der Waals surface area contributed by atoms with Gasteiger partial charge in [0.25, 0.3) is 5.91 Å². The number of pyridine rings is 1. The fourth-order valence-corrected chi connectivity index (χ4v) is 5.46. The highest BCUT2D eigenvalue weighted by molar-refractivity contribution is 6.07. The summed E-state index contributed by atoms with van der Waals surface area (Å²) >= 11 is 0. The van der Waals surface area contributed by atoms with Crippen molar-refractivity contribution in [1.82, 2.24) is 9.88 Å². The van der Waals surface area contributed by atoms with Gasteiger partial charge < -0.3 is 9.88 Å². The number of aromatic nitrogens is 1. The number of anilines is 2. The zero-order valence-electron chi connectivity index (χ0n) is 20.5. The Morgan fingerprint density at radius 1 is 1.14 bits per heavy atom.